The molecule has 3 nitrogen and oxygen atoms in total. The van der Waals surface area contributed by atoms with Crippen LogP contribution in [-0.2, 0) is 19.7 Å². The van der Waals surface area contributed by atoms with Gasteiger partial charge in [0.1, 0.15) is 0 Å². The minimum atomic E-state index is -2.52. The van der Waals surface area contributed by atoms with Gasteiger partial charge in [0.05, 0.1) is 0 Å². The van der Waals surface area contributed by atoms with Gasteiger partial charge in [-0.2, -0.15) is 0 Å². The molecule has 0 radical (unpaired) electrons. The Labute approximate surface area is 150 Å². The van der Waals surface area contributed by atoms with E-state index >= 15 is 0 Å². The standard InChI is InChI=1S/C17H29IO3Si/c1-5-17(18)16-11-9-15(10-12-16)13-14-22(19-6-2,20-7-3)21-8-4/h9-12,17H,5-8,13-14H2,1-4H3. The highest BCUT2D eigenvalue weighted by Crippen LogP contribution is 2.27. The Morgan fingerprint density at radius 3 is 1.82 bits per heavy atom. The lowest BCUT2D eigenvalue weighted by molar-refractivity contribution is 0.0714. The van der Waals surface area contributed by atoms with E-state index in [1.165, 1.54) is 11.1 Å². The van der Waals surface area contributed by atoms with Gasteiger partial charge in [-0.3, -0.25) is 0 Å². The molecule has 1 unspecified atom stereocenters. The molecule has 1 atom stereocenters. The van der Waals surface area contributed by atoms with Crippen molar-refractivity contribution in [2.24, 2.45) is 0 Å². The van der Waals surface area contributed by atoms with Crippen molar-refractivity contribution < 1.29 is 13.3 Å². The second kappa shape index (κ2) is 10.8. The quantitative estimate of drug-likeness (QED) is 0.272. The normalized spacial score (nSPS) is 13.3. The zero-order valence-electron chi connectivity index (χ0n) is 14.2. The Hall–Kier alpha value is 0.0469. The summed E-state index contributed by atoms with van der Waals surface area (Å²) in [6.07, 6.45) is 2.10. The molecule has 0 spiro atoms. The summed E-state index contributed by atoms with van der Waals surface area (Å²) in [5, 5.41) is 0. The lowest BCUT2D eigenvalue weighted by atomic mass is 10.1. The Balaban J connectivity index is 2.70. The van der Waals surface area contributed by atoms with Crippen LogP contribution in [0.15, 0.2) is 24.3 Å². The summed E-state index contributed by atoms with van der Waals surface area (Å²) in [4.78, 5) is 0. The summed E-state index contributed by atoms with van der Waals surface area (Å²) >= 11 is 2.50. The molecular weight excluding hydrogens is 407 g/mol. The first-order valence-electron chi connectivity index (χ1n) is 8.25. The summed E-state index contributed by atoms with van der Waals surface area (Å²) < 4.78 is 18.3. The molecule has 1 aromatic rings. The predicted octanol–water partition coefficient (Wildman–Crippen LogP) is 5.16. The SMILES string of the molecule is CCO[Si](CCc1ccc(C(I)CC)cc1)(OCC)OCC. The molecule has 0 heterocycles. The molecule has 22 heavy (non-hydrogen) atoms. The monoisotopic (exact) mass is 436 g/mol. The van der Waals surface area contributed by atoms with Crippen molar-refractivity contribution in [2.75, 3.05) is 19.8 Å². The summed E-state index contributed by atoms with van der Waals surface area (Å²) in [7, 11) is -2.52. The average molecular weight is 436 g/mol. The number of benzene rings is 1. The van der Waals surface area contributed by atoms with Gasteiger partial charge in [0, 0.05) is 29.8 Å². The van der Waals surface area contributed by atoms with E-state index in [4.69, 9.17) is 13.3 Å². The predicted molar refractivity (Wildman–Crippen MR) is 103 cm³/mol. The van der Waals surface area contributed by atoms with Gasteiger partial charge in [0.2, 0.25) is 0 Å². The van der Waals surface area contributed by atoms with Crippen molar-refractivity contribution in [1.29, 1.82) is 0 Å². The first-order valence-corrected chi connectivity index (χ1v) is 11.4. The maximum atomic E-state index is 5.90. The van der Waals surface area contributed by atoms with Crippen LogP contribution in [0.4, 0.5) is 0 Å². The van der Waals surface area contributed by atoms with Crippen LogP contribution in [0.2, 0.25) is 6.04 Å². The highest BCUT2D eigenvalue weighted by Gasteiger charge is 2.39. The molecular formula is C17H29IO3Si. The summed E-state index contributed by atoms with van der Waals surface area (Å²) in [5.74, 6) is 0. The third kappa shape index (κ3) is 6.27. The minimum Gasteiger partial charge on any atom is -0.374 e. The third-order valence-corrected chi connectivity index (χ3v) is 8.16. The fourth-order valence-corrected chi connectivity index (χ4v) is 5.44. The molecule has 126 valence electrons. The zero-order valence-corrected chi connectivity index (χ0v) is 17.4. The van der Waals surface area contributed by atoms with Crippen LogP contribution in [0.25, 0.3) is 0 Å². The van der Waals surface area contributed by atoms with Crippen LogP contribution < -0.4 is 0 Å². The minimum absolute atomic E-state index is 0.593. The number of alkyl halides is 1. The van der Waals surface area contributed by atoms with Crippen LogP contribution in [0, 0.1) is 0 Å². The molecule has 0 aromatic heterocycles. The van der Waals surface area contributed by atoms with Gasteiger partial charge in [-0.1, -0.05) is 53.8 Å². The topological polar surface area (TPSA) is 27.7 Å². The van der Waals surface area contributed by atoms with Gasteiger partial charge in [0.15, 0.2) is 0 Å². The molecule has 0 bridgehead atoms. The Bertz CT molecular complexity index is 394. The van der Waals surface area contributed by atoms with Gasteiger partial charge in [-0.05, 0) is 44.7 Å². The van der Waals surface area contributed by atoms with E-state index in [9.17, 15) is 0 Å². The van der Waals surface area contributed by atoms with Gasteiger partial charge in [-0.25, -0.2) is 0 Å². The maximum absolute atomic E-state index is 5.90. The van der Waals surface area contributed by atoms with Crippen molar-refractivity contribution in [3.63, 3.8) is 0 Å². The first kappa shape index (κ1) is 20.1. The van der Waals surface area contributed by atoms with Crippen LogP contribution in [0.1, 0.15) is 49.2 Å². The zero-order chi connectivity index (χ0) is 16.4. The van der Waals surface area contributed by atoms with Crippen molar-refractivity contribution >= 4 is 31.4 Å². The largest absolute Gasteiger partial charge is 0.501 e. The van der Waals surface area contributed by atoms with E-state index in [2.05, 4.69) is 53.8 Å². The van der Waals surface area contributed by atoms with E-state index in [0.717, 1.165) is 18.9 Å². The molecule has 0 aliphatic heterocycles. The van der Waals surface area contributed by atoms with Gasteiger partial charge in [-0.15, -0.1) is 0 Å². The third-order valence-electron chi connectivity index (χ3n) is 3.51. The summed E-state index contributed by atoms with van der Waals surface area (Å²) in [6.45, 7) is 10.1. The van der Waals surface area contributed by atoms with Crippen molar-refractivity contribution in [3.05, 3.63) is 35.4 Å². The Morgan fingerprint density at radius 2 is 1.41 bits per heavy atom. The average Bonchev–Trinajstić information content (AvgIpc) is 2.53. The molecule has 0 N–H and O–H groups in total. The molecule has 1 rings (SSSR count). The van der Waals surface area contributed by atoms with Crippen molar-refractivity contribution in [2.45, 2.75) is 50.5 Å². The van der Waals surface area contributed by atoms with Crippen LogP contribution in [0.3, 0.4) is 0 Å². The van der Waals surface area contributed by atoms with E-state index in [1.807, 2.05) is 20.8 Å². The fourth-order valence-electron chi connectivity index (χ4n) is 2.43. The lowest BCUT2D eigenvalue weighted by Gasteiger charge is -2.28. The van der Waals surface area contributed by atoms with Crippen LogP contribution in [-0.4, -0.2) is 28.6 Å². The maximum Gasteiger partial charge on any atom is 0.501 e. The van der Waals surface area contributed by atoms with Gasteiger partial charge >= 0.3 is 8.80 Å². The smallest absolute Gasteiger partial charge is 0.374 e. The van der Waals surface area contributed by atoms with Crippen molar-refractivity contribution in [3.8, 4) is 0 Å². The lowest BCUT2D eigenvalue weighted by Crippen LogP contribution is -2.46. The summed E-state index contributed by atoms with van der Waals surface area (Å²) in [5.41, 5.74) is 2.72. The number of rotatable bonds is 11. The molecule has 1 aromatic carbocycles. The van der Waals surface area contributed by atoms with Gasteiger partial charge < -0.3 is 13.3 Å². The second-order valence-electron chi connectivity index (χ2n) is 5.10. The highest BCUT2D eigenvalue weighted by atomic mass is 127. The fraction of sp³-hybridized carbons (Fsp3) is 0.647. The first-order chi connectivity index (χ1) is 10.6. The molecule has 0 aliphatic rings. The molecule has 0 saturated heterocycles. The Kier molecular flexibility index (Phi) is 9.82. The highest BCUT2D eigenvalue weighted by molar-refractivity contribution is 14.1. The van der Waals surface area contributed by atoms with E-state index in [-0.39, 0.29) is 0 Å². The van der Waals surface area contributed by atoms with E-state index < -0.39 is 8.80 Å². The van der Waals surface area contributed by atoms with E-state index in [1.54, 1.807) is 0 Å². The molecule has 5 heteroatoms. The summed E-state index contributed by atoms with van der Waals surface area (Å²) in [6, 6.07) is 9.75. The number of halogens is 1. The number of hydrogen-bond donors (Lipinski definition) is 0. The second-order valence-corrected chi connectivity index (χ2v) is 9.34. The van der Waals surface area contributed by atoms with E-state index in [0.29, 0.717) is 23.7 Å². The molecule has 0 fully saturated rings. The van der Waals surface area contributed by atoms with Crippen LogP contribution >= 0.6 is 22.6 Å². The molecule has 0 aliphatic carbocycles. The van der Waals surface area contributed by atoms with Crippen LogP contribution in [0.5, 0.6) is 0 Å². The molecule has 0 amide bonds. The number of hydrogen-bond acceptors (Lipinski definition) is 3. The number of aryl methyl sites for hydroxylation is 1. The van der Waals surface area contributed by atoms with Gasteiger partial charge in [0.25, 0.3) is 0 Å². The Morgan fingerprint density at radius 1 is 0.909 bits per heavy atom. The molecule has 0 saturated carbocycles. The van der Waals surface area contributed by atoms with Crippen molar-refractivity contribution in [1.82, 2.24) is 0 Å².